The molecule has 1 saturated heterocycles. The summed E-state index contributed by atoms with van der Waals surface area (Å²) in [5.74, 6) is -3.60. The van der Waals surface area contributed by atoms with Crippen molar-refractivity contribution < 1.29 is 44.6 Å². The van der Waals surface area contributed by atoms with Crippen LogP contribution in [0.1, 0.15) is 46.0 Å². The Balaban J connectivity index is 1.36. The molecular formula is C30H32N2O9. The summed E-state index contributed by atoms with van der Waals surface area (Å²) in [6, 6.07) is 7.80. The topological polar surface area (TPSA) is 193 Å². The van der Waals surface area contributed by atoms with Crippen molar-refractivity contribution in [3.8, 4) is 5.75 Å². The van der Waals surface area contributed by atoms with Crippen LogP contribution in [-0.2, 0) is 11.2 Å². The zero-order valence-electron chi connectivity index (χ0n) is 22.3. The number of Topliss-reactive ketones (excluding diaryl/α,β-unsaturated/α-hetero) is 2. The van der Waals surface area contributed by atoms with Gasteiger partial charge < -0.3 is 40.7 Å². The maximum Gasteiger partial charge on any atom is 0.229 e. The van der Waals surface area contributed by atoms with E-state index in [0.29, 0.717) is 12.0 Å². The van der Waals surface area contributed by atoms with Crippen molar-refractivity contribution in [1.29, 1.82) is 0 Å². The third-order valence-electron chi connectivity index (χ3n) is 9.05. The van der Waals surface area contributed by atoms with Gasteiger partial charge in [0.2, 0.25) is 6.29 Å². The highest BCUT2D eigenvalue weighted by Gasteiger charge is 2.67. The number of aliphatic hydroxyl groups excluding tert-OH is 4. The molecule has 7 N–H and O–H groups in total. The van der Waals surface area contributed by atoms with E-state index in [1.165, 1.54) is 30.5 Å². The Hall–Kier alpha value is -3.61. The second-order valence-electron chi connectivity index (χ2n) is 11.5. The Labute approximate surface area is 235 Å². The quantitative estimate of drug-likeness (QED) is 0.306. The second kappa shape index (κ2) is 9.74. The molecule has 41 heavy (non-hydrogen) atoms. The van der Waals surface area contributed by atoms with Crippen LogP contribution in [0.4, 0.5) is 5.82 Å². The van der Waals surface area contributed by atoms with Crippen LogP contribution < -0.4 is 10.5 Å². The van der Waals surface area contributed by atoms with Gasteiger partial charge in [0.25, 0.3) is 0 Å². The molecule has 8 atom stereocenters. The fraction of sp³-hybridized carbons (Fsp3) is 0.433. The predicted octanol–water partition coefficient (Wildman–Crippen LogP) is 1.25. The first-order chi connectivity index (χ1) is 19.5. The van der Waals surface area contributed by atoms with E-state index in [0.717, 1.165) is 5.56 Å². The lowest BCUT2D eigenvalue weighted by Gasteiger charge is -2.59. The number of fused-ring (bicyclic) bond motifs is 4. The Morgan fingerprint density at radius 3 is 2.71 bits per heavy atom. The van der Waals surface area contributed by atoms with Crippen LogP contribution in [0, 0.1) is 17.8 Å². The van der Waals surface area contributed by atoms with Gasteiger partial charge in [-0.1, -0.05) is 23.8 Å². The number of hydrogen-bond acceptors (Lipinski definition) is 11. The van der Waals surface area contributed by atoms with Crippen LogP contribution in [0.2, 0.25) is 0 Å². The van der Waals surface area contributed by atoms with E-state index in [2.05, 4.69) is 4.98 Å². The molecular weight excluding hydrogens is 532 g/mol. The van der Waals surface area contributed by atoms with Gasteiger partial charge in [0.15, 0.2) is 11.6 Å². The number of hydrogen-bond donors (Lipinski definition) is 6. The van der Waals surface area contributed by atoms with E-state index in [1.54, 1.807) is 25.1 Å². The number of benzene rings is 1. The van der Waals surface area contributed by atoms with Crippen molar-refractivity contribution in [2.75, 3.05) is 12.3 Å². The molecule has 1 aliphatic heterocycles. The number of nitrogen functional groups attached to an aromatic ring is 1. The number of nitrogens with two attached hydrogens (primary N) is 1. The van der Waals surface area contributed by atoms with Gasteiger partial charge in [0.05, 0.1) is 24.0 Å². The number of carbonyl (C=O) groups is 2. The number of anilines is 1. The molecule has 4 aliphatic rings. The van der Waals surface area contributed by atoms with Gasteiger partial charge in [-0.15, -0.1) is 0 Å². The molecule has 2 bridgehead atoms. The van der Waals surface area contributed by atoms with Gasteiger partial charge in [-0.25, -0.2) is 4.98 Å². The largest absolute Gasteiger partial charge is 0.511 e. The highest BCUT2D eigenvalue weighted by atomic mass is 16.7. The first kappa shape index (κ1) is 27.6. The van der Waals surface area contributed by atoms with Crippen LogP contribution in [0.25, 0.3) is 0 Å². The average molecular weight is 565 g/mol. The van der Waals surface area contributed by atoms with Gasteiger partial charge in [-0.2, -0.15) is 0 Å². The molecule has 1 aromatic carbocycles. The molecule has 216 valence electrons. The van der Waals surface area contributed by atoms with Crippen LogP contribution >= 0.6 is 0 Å². The van der Waals surface area contributed by atoms with E-state index in [9.17, 15) is 35.1 Å². The lowest BCUT2D eigenvalue weighted by molar-refractivity contribution is -0.376. The summed E-state index contributed by atoms with van der Waals surface area (Å²) in [6.07, 6.45) is 0.193. The van der Waals surface area contributed by atoms with E-state index in [4.69, 9.17) is 15.2 Å². The van der Waals surface area contributed by atoms with Crippen molar-refractivity contribution in [3.05, 3.63) is 76.7 Å². The standard InChI is InChI=1S/C30H32N2O9/c1-14-9-18-22(19(34)10-14)25(36)23-17(24(18)35)3-2-4-20(23)40-27-26(37)30(39)16(11-15-6-8-32-21(31)12-15)5-7-29(13-33,41-27)28(30)38/h2-4,6,8-10,12,16,18,22,26-28,33-34,37-39H,5,7,11,13H2,1H3,(H2,31,32)/t16-,18-,22-,26-,27+,28+,29+,30+/m0/s1. The maximum absolute atomic E-state index is 13.7. The van der Waals surface area contributed by atoms with Gasteiger partial charge >= 0.3 is 0 Å². The Morgan fingerprint density at radius 1 is 1.20 bits per heavy atom. The van der Waals surface area contributed by atoms with Crippen molar-refractivity contribution in [2.45, 2.75) is 55.9 Å². The molecule has 2 fully saturated rings. The summed E-state index contributed by atoms with van der Waals surface area (Å²) in [5.41, 5.74) is 3.41. The van der Waals surface area contributed by atoms with Crippen LogP contribution in [0.3, 0.4) is 0 Å². The summed E-state index contributed by atoms with van der Waals surface area (Å²) in [7, 11) is 0. The fourth-order valence-electron chi connectivity index (χ4n) is 6.94. The van der Waals surface area contributed by atoms with Crippen LogP contribution in [0.5, 0.6) is 5.75 Å². The Kier molecular flexibility index (Phi) is 6.55. The van der Waals surface area contributed by atoms with Gasteiger partial charge in [0, 0.05) is 11.8 Å². The average Bonchev–Trinajstić information content (AvgIpc) is 2.94. The number of allylic oxidation sites excluding steroid dienone is 4. The molecule has 0 radical (unpaired) electrons. The summed E-state index contributed by atoms with van der Waals surface area (Å²) in [4.78, 5) is 31.0. The third-order valence-corrected chi connectivity index (χ3v) is 9.05. The Morgan fingerprint density at radius 2 is 1.98 bits per heavy atom. The molecule has 11 nitrogen and oxygen atoms in total. The van der Waals surface area contributed by atoms with E-state index in [-0.39, 0.29) is 47.1 Å². The van der Waals surface area contributed by atoms with E-state index < -0.39 is 59.8 Å². The normalized spacial score (nSPS) is 36.1. The maximum atomic E-state index is 13.7. The first-order valence-corrected chi connectivity index (χ1v) is 13.5. The van der Waals surface area contributed by atoms with E-state index >= 15 is 0 Å². The lowest BCUT2D eigenvalue weighted by atomic mass is 9.61. The smallest absolute Gasteiger partial charge is 0.229 e. The molecule has 1 aromatic heterocycles. The van der Waals surface area contributed by atoms with E-state index in [1.807, 2.05) is 0 Å². The zero-order chi connectivity index (χ0) is 29.3. The summed E-state index contributed by atoms with van der Waals surface area (Å²) in [6.45, 7) is 1.06. The molecule has 1 saturated carbocycles. The molecule has 0 spiro atoms. The number of ether oxygens (including phenoxy) is 2. The molecule has 11 heteroatoms. The molecule has 6 rings (SSSR count). The van der Waals surface area contributed by atoms with Crippen molar-refractivity contribution in [3.63, 3.8) is 0 Å². The third kappa shape index (κ3) is 4.11. The second-order valence-corrected chi connectivity index (χ2v) is 11.5. The van der Waals surface area contributed by atoms with Crippen LogP contribution in [0.15, 0.2) is 60.0 Å². The molecule has 3 aliphatic carbocycles. The number of ketones is 2. The van der Waals surface area contributed by atoms with Crippen LogP contribution in [-0.4, -0.2) is 78.4 Å². The van der Waals surface area contributed by atoms with Gasteiger partial charge in [-0.05, 0) is 61.9 Å². The highest BCUT2D eigenvalue weighted by molar-refractivity contribution is 6.19. The molecule has 2 heterocycles. The number of carbonyl (C=O) groups excluding carboxylic acids is 2. The number of nitrogens with zero attached hydrogens (tertiary/aromatic N) is 1. The molecule has 0 amide bonds. The summed E-state index contributed by atoms with van der Waals surface area (Å²) >= 11 is 0. The minimum absolute atomic E-state index is 0.0763. The van der Waals surface area contributed by atoms with Crippen molar-refractivity contribution in [2.24, 2.45) is 17.8 Å². The van der Waals surface area contributed by atoms with Gasteiger partial charge in [0.1, 0.15) is 40.7 Å². The molecule has 2 aromatic rings. The number of aromatic nitrogens is 1. The first-order valence-electron chi connectivity index (χ1n) is 13.5. The number of pyridine rings is 1. The molecule has 0 unspecified atom stereocenters. The monoisotopic (exact) mass is 564 g/mol. The minimum Gasteiger partial charge on any atom is -0.511 e. The highest BCUT2D eigenvalue weighted by Crippen LogP contribution is 2.51. The fourth-order valence-corrected chi connectivity index (χ4v) is 6.94. The number of aliphatic hydroxyl groups is 5. The van der Waals surface area contributed by atoms with Crippen molar-refractivity contribution >= 4 is 17.4 Å². The Bertz CT molecular complexity index is 1490. The van der Waals surface area contributed by atoms with Crippen molar-refractivity contribution in [1.82, 2.24) is 4.98 Å². The summed E-state index contributed by atoms with van der Waals surface area (Å²) < 4.78 is 12.0. The predicted molar refractivity (Wildman–Crippen MR) is 144 cm³/mol. The van der Waals surface area contributed by atoms with Gasteiger partial charge in [-0.3, -0.25) is 9.59 Å². The summed E-state index contributed by atoms with van der Waals surface area (Å²) in [5, 5.41) is 55.6. The zero-order valence-corrected chi connectivity index (χ0v) is 22.3. The number of rotatable bonds is 5. The lowest BCUT2D eigenvalue weighted by Crippen LogP contribution is -2.78. The SMILES string of the molecule is CC1=C[C@@H]2C(=O)c3cccc(O[C@@H]4O[C@@]5(CO)CC[C@@H](Cc6ccnc(N)c6)[C@](O)([C@@H]5O)[C@H]4O)c3C(=O)[C@@H]2C(O)=C1. The minimum atomic E-state index is -2.17.